The minimum atomic E-state index is -0.291. The van der Waals surface area contributed by atoms with E-state index in [1.807, 2.05) is 54.4 Å². The van der Waals surface area contributed by atoms with Crippen molar-refractivity contribution in [3.05, 3.63) is 53.6 Å². The molecule has 2 heterocycles. The lowest BCUT2D eigenvalue weighted by atomic mass is 10.1. The Labute approximate surface area is 151 Å². The minimum absolute atomic E-state index is 0.110. The van der Waals surface area contributed by atoms with Crippen LogP contribution in [0.3, 0.4) is 0 Å². The van der Waals surface area contributed by atoms with Gasteiger partial charge in [0.25, 0.3) is 0 Å². The van der Waals surface area contributed by atoms with Gasteiger partial charge in [-0.25, -0.2) is 10.4 Å². The third-order valence-electron chi connectivity index (χ3n) is 4.41. The van der Waals surface area contributed by atoms with Gasteiger partial charge in [-0.2, -0.15) is 0 Å². The van der Waals surface area contributed by atoms with Gasteiger partial charge in [0.1, 0.15) is 6.17 Å². The third-order valence-corrected chi connectivity index (χ3v) is 4.41. The van der Waals surface area contributed by atoms with E-state index in [-0.39, 0.29) is 18.7 Å². The molecule has 0 saturated carbocycles. The molecule has 134 valence electrons. The Kier molecular flexibility index (Phi) is 4.00. The first-order valence-electron chi connectivity index (χ1n) is 8.38. The maximum Gasteiger partial charge on any atom is 0.231 e. The van der Waals surface area contributed by atoms with E-state index in [1.165, 1.54) is 6.92 Å². The second-order valence-electron chi connectivity index (χ2n) is 6.36. The van der Waals surface area contributed by atoms with Gasteiger partial charge >= 0.3 is 0 Å². The van der Waals surface area contributed by atoms with Gasteiger partial charge in [-0.05, 0) is 36.8 Å². The van der Waals surface area contributed by atoms with Crippen LogP contribution in [0.1, 0.15) is 24.2 Å². The van der Waals surface area contributed by atoms with Crippen molar-refractivity contribution in [2.45, 2.75) is 20.0 Å². The summed E-state index contributed by atoms with van der Waals surface area (Å²) in [5, 5.41) is 8.07. The number of aryl methyl sites for hydroxylation is 1. The number of ether oxygens (including phenoxy) is 2. The van der Waals surface area contributed by atoms with Crippen LogP contribution >= 0.6 is 0 Å². The number of carbonyl (C=O) groups excluding carboxylic acids is 1. The fraction of sp³-hybridized carbons (Fsp3) is 0.263. The lowest BCUT2D eigenvalue weighted by Gasteiger charge is -2.39. The van der Waals surface area contributed by atoms with E-state index in [0.717, 1.165) is 22.6 Å². The number of likely N-dealkylation sites (N-methyl/N-ethyl adjacent to an activating group) is 1. The van der Waals surface area contributed by atoms with E-state index in [0.29, 0.717) is 11.6 Å². The number of benzene rings is 2. The van der Waals surface area contributed by atoms with E-state index in [4.69, 9.17) is 9.47 Å². The summed E-state index contributed by atoms with van der Waals surface area (Å²) >= 11 is 0. The zero-order valence-corrected chi connectivity index (χ0v) is 14.9. The molecule has 0 aromatic heterocycles. The summed E-state index contributed by atoms with van der Waals surface area (Å²) < 4.78 is 10.9. The topological polar surface area (TPSA) is 66.4 Å². The Bertz CT molecular complexity index is 879. The van der Waals surface area contributed by atoms with Crippen LogP contribution in [0.5, 0.6) is 11.5 Å². The van der Waals surface area contributed by atoms with Crippen LogP contribution in [0.25, 0.3) is 0 Å². The number of fused-ring (bicyclic) bond motifs is 1. The van der Waals surface area contributed by atoms with Crippen molar-refractivity contribution >= 4 is 17.3 Å². The Balaban J connectivity index is 1.78. The smallest absolute Gasteiger partial charge is 0.231 e. The summed E-state index contributed by atoms with van der Waals surface area (Å²) in [7, 11) is 1.78. The molecule has 0 fully saturated rings. The molecule has 0 saturated heterocycles. The highest BCUT2D eigenvalue weighted by molar-refractivity contribution is 6.37. The molecule has 0 bridgehead atoms. The molecular weight excluding hydrogens is 332 g/mol. The van der Waals surface area contributed by atoms with Crippen molar-refractivity contribution in [3.8, 4) is 11.5 Å². The highest BCUT2D eigenvalue weighted by Gasteiger charge is 2.31. The number of amidine groups is 1. The number of hydrogen-bond donors (Lipinski definition) is 1. The summed E-state index contributed by atoms with van der Waals surface area (Å²) in [4.78, 5) is 12.0. The molecule has 7 heteroatoms. The zero-order valence-electron chi connectivity index (χ0n) is 14.9. The molecule has 0 radical (unpaired) electrons. The number of nitrogens with zero attached hydrogens (tertiary/aromatic N) is 3. The zero-order chi connectivity index (χ0) is 18.3. The first-order chi connectivity index (χ1) is 12.5. The average molecular weight is 352 g/mol. The van der Waals surface area contributed by atoms with Crippen LogP contribution in [-0.2, 0) is 4.79 Å². The SMILES string of the molecule is CC(=O)C1=NN(c2ccc(C)cc2)[C@@H](c2ccc3c(c2)OCO3)NN1C. The van der Waals surface area contributed by atoms with Crippen LogP contribution in [-0.4, -0.2) is 30.5 Å². The molecule has 0 spiro atoms. The van der Waals surface area contributed by atoms with Crippen molar-refractivity contribution in [1.82, 2.24) is 10.4 Å². The molecule has 2 aromatic rings. The molecule has 2 aromatic carbocycles. The number of hydrazone groups is 1. The van der Waals surface area contributed by atoms with Crippen molar-refractivity contribution < 1.29 is 14.3 Å². The lowest BCUT2D eigenvalue weighted by molar-refractivity contribution is -0.112. The van der Waals surface area contributed by atoms with Gasteiger partial charge in [0.15, 0.2) is 17.3 Å². The van der Waals surface area contributed by atoms with E-state index in [9.17, 15) is 4.79 Å². The first kappa shape index (κ1) is 16.4. The highest BCUT2D eigenvalue weighted by atomic mass is 16.7. The second-order valence-corrected chi connectivity index (χ2v) is 6.36. The van der Waals surface area contributed by atoms with Gasteiger partial charge in [0.05, 0.1) is 5.69 Å². The summed E-state index contributed by atoms with van der Waals surface area (Å²) in [5.41, 5.74) is 6.33. The van der Waals surface area contributed by atoms with E-state index in [1.54, 1.807) is 12.1 Å². The molecule has 0 aliphatic carbocycles. The number of ketones is 1. The van der Waals surface area contributed by atoms with Crippen molar-refractivity contribution in [3.63, 3.8) is 0 Å². The molecule has 1 N–H and O–H groups in total. The van der Waals surface area contributed by atoms with Gasteiger partial charge in [0, 0.05) is 14.0 Å². The third kappa shape index (κ3) is 2.86. The molecule has 26 heavy (non-hydrogen) atoms. The fourth-order valence-corrected chi connectivity index (χ4v) is 3.04. The van der Waals surface area contributed by atoms with E-state index < -0.39 is 0 Å². The van der Waals surface area contributed by atoms with Crippen LogP contribution < -0.4 is 19.9 Å². The maximum atomic E-state index is 12.0. The summed E-state index contributed by atoms with van der Waals surface area (Å²) in [6.07, 6.45) is -0.291. The first-order valence-corrected chi connectivity index (χ1v) is 8.38. The molecule has 1 atom stereocenters. The molecule has 2 aliphatic rings. The van der Waals surface area contributed by atoms with Gasteiger partial charge in [-0.3, -0.25) is 9.80 Å². The molecular formula is C19H20N4O3. The predicted octanol–water partition coefficient (Wildman–Crippen LogP) is 2.58. The molecule has 0 amide bonds. The number of rotatable bonds is 3. The molecule has 7 nitrogen and oxygen atoms in total. The van der Waals surface area contributed by atoms with Crippen molar-refractivity contribution in [2.24, 2.45) is 5.10 Å². The largest absolute Gasteiger partial charge is 0.454 e. The van der Waals surface area contributed by atoms with Gasteiger partial charge in [-0.1, -0.05) is 23.8 Å². The molecule has 0 unspecified atom stereocenters. The quantitative estimate of drug-likeness (QED) is 0.916. The number of carbonyl (C=O) groups is 1. The number of hydrogen-bond acceptors (Lipinski definition) is 7. The predicted molar refractivity (Wildman–Crippen MR) is 98.0 cm³/mol. The van der Waals surface area contributed by atoms with E-state index >= 15 is 0 Å². The number of nitrogens with one attached hydrogen (secondary N) is 1. The van der Waals surface area contributed by atoms with Gasteiger partial charge < -0.3 is 9.47 Å². The van der Waals surface area contributed by atoms with E-state index in [2.05, 4.69) is 10.5 Å². The minimum Gasteiger partial charge on any atom is -0.454 e. The van der Waals surface area contributed by atoms with Gasteiger partial charge in [0.2, 0.25) is 12.6 Å². The summed E-state index contributed by atoms with van der Waals surface area (Å²) in [6.45, 7) is 3.77. The Morgan fingerprint density at radius 3 is 2.62 bits per heavy atom. The second kappa shape index (κ2) is 6.34. The van der Waals surface area contributed by atoms with Crippen molar-refractivity contribution in [1.29, 1.82) is 0 Å². The molecule has 2 aliphatic heterocycles. The standard InChI is InChI=1S/C19H20N4O3/c1-12-4-7-15(8-5-12)23-19(20-22(3)18(21-23)13(2)24)14-6-9-16-17(10-14)26-11-25-16/h4-10,19-20H,11H2,1-3H3/t19-/m0/s1. The Morgan fingerprint density at radius 1 is 1.15 bits per heavy atom. The number of hydrazine groups is 1. The Morgan fingerprint density at radius 2 is 1.88 bits per heavy atom. The van der Waals surface area contributed by atoms with Crippen LogP contribution in [0.4, 0.5) is 5.69 Å². The average Bonchev–Trinajstić information content (AvgIpc) is 3.09. The van der Waals surface area contributed by atoms with Crippen molar-refractivity contribution in [2.75, 3.05) is 18.8 Å². The normalized spacial score (nSPS) is 18.7. The fourth-order valence-electron chi connectivity index (χ4n) is 3.04. The summed E-state index contributed by atoms with van der Waals surface area (Å²) in [5.74, 6) is 1.67. The van der Waals surface area contributed by atoms with Gasteiger partial charge in [-0.15, -0.1) is 5.10 Å². The maximum absolute atomic E-state index is 12.0. The Hall–Kier alpha value is -3.06. The molecule has 4 rings (SSSR count). The van der Waals surface area contributed by atoms with Crippen LogP contribution in [0, 0.1) is 6.92 Å². The summed E-state index contributed by atoms with van der Waals surface area (Å²) in [6, 6.07) is 13.8. The lowest BCUT2D eigenvalue weighted by Crippen LogP contribution is -2.54. The number of anilines is 1. The van der Waals surface area contributed by atoms with Crippen LogP contribution in [0.2, 0.25) is 0 Å². The van der Waals surface area contributed by atoms with Crippen LogP contribution in [0.15, 0.2) is 47.6 Å². The highest BCUT2D eigenvalue weighted by Crippen LogP contribution is 2.37. The monoisotopic (exact) mass is 352 g/mol. The number of Topliss-reactive ketones (excluding diaryl/α,β-unsaturated/α-hetero) is 1.